The number of rotatable bonds is 5. The highest BCUT2D eigenvalue weighted by Crippen LogP contribution is 2.23. The fraction of sp³-hybridized carbons (Fsp3) is 0.211. The number of aromatic nitrogens is 2. The number of benzene rings is 2. The van der Waals surface area contributed by atoms with Crippen molar-refractivity contribution < 1.29 is 4.79 Å². The molecule has 3 aromatic rings. The summed E-state index contributed by atoms with van der Waals surface area (Å²) in [5, 5.41) is 4.12. The Morgan fingerprint density at radius 3 is 2.60 bits per heavy atom. The summed E-state index contributed by atoms with van der Waals surface area (Å²) in [4.78, 5) is 18.2. The first-order chi connectivity index (χ1) is 12.3. The van der Waals surface area contributed by atoms with Gasteiger partial charge >= 0.3 is 0 Å². The zero-order valence-corrected chi connectivity index (χ0v) is 14.5. The second-order valence-electron chi connectivity index (χ2n) is 5.96. The van der Waals surface area contributed by atoms with Gasteiger partial charge in [-0.05, 0) is 24.1 Å². The number of carbonyl (C=O) groups excluding carboxylic acids is 1. The van der Waals surface area contributed by atoms with E-state index in [0.29, 0.717) is 13.0 Å². The molecule has 1 amide bonds. The predicted molar refractivity (Wildman–Crippen MR) is 101 cm³/mol. The summed E-state index contributed by atoms with van der Waals surface area (Å²) in [6.07, 6.45) is 1.60. The number of hydrogen-bond acceptors (Lipinski definition) is 5. The van der Waals surface area contributed by atoms with Gasteiger partial charge in [-0.2, -0.15) is 9.36 Å². The Bertz CT molecular complexity index is 861. The molecule has 0 atom stereocenters. The van der Waals surface area contributed by atoms with E-state index in [2.05, 4.69) is 14.7 Å². The van der Waals surface area contributed by atoms with Crippen LogP contribution in [-0.2, 0) is 11.3 Å². The van der Waals surface area contributed by atoms with Crippen molar-refractivity contribution in [3.63, 3.8) is 0 Å². The van der Waals surface area contributed by atoms with Crippen LogP contribution in [0.5, 0.6) is 0 Å². The molecule has 2 heterocycles. The third kappa shape index (κ3) is 3.53. The summed E-state index contributed by atoms with van der Waals surface area (Å²) < 4.78 is 4.40. The minimum absolute atomic E-state index is 0.216. The normalized spacial score (nSPS) is 14.1. The number of amides is 1. The van der Waals surface area contributed by atoms with Gasteiger partial charge in [0.15, 0.2) is 5.82 Å². The topological polar surface area (TPSA) is 58.1 Å². The molecule has 0 saturated carbocycles. The van der Waals surface area contributed by atoms with Crippen molar-refractivity contribution in [2.24, 2.45) is 0 Å². The van der Waals surface area contributed by atoms with Crippen LogP contribution in [0, 0.1) is 0 Å². The molecule has 0 bridgehead atoms. The number of hydrogen-bond donors (Lipinski definition) is 1. The summed E-state index contributed by atoms with van der Waals surface area (Å²) in [6, 6.07) is 18.1. The first-order valence-corrected chi connectivity index (χ1v) is 9.09. The molecule has 1 aliphatic rings. The van der Waals surface area contributed by atoms with Crippen molar-refractivity contribution in [3.05, 3.63) is 60.2 Å². The van der Waals surface area contributed by atoms with Crippen molar-refractivity contribution >= 4 is 28.3 Å². The van der Waals surface area contributed by atoms with Crippen molar-refractivity contribution in [2.45, 2.75) is 19.4 Å². The molecule has 4 rings (SSSR count). The monoisotopic (exact) mass is 350 g/mol. The summed E-state index contributed by atoms with van der Waals surface area (Å²) in [5.41, 5.74) is 3.15. The lowest BCUT2D eigenvalue weighted by atomic mass is 10.2. The fourth-order valence-corrected chi connectivity index (χ4v) is 3.48. The van der Waals surface area contributed by atoms with Crippen LogP contribution in [0.1, 0.15) is 18.4 Å². The lowest BCUT2D eigenvalue weighted by Crippen LogP contribution is -2.23. The molecule has 0 spiro atoms. The van der Waals surface area contributed by atoms with Gasteiger partial charge in [0, 0.05) is 42.3 Å². The number of nitrogens with one attached hydrogen (secondary N) is 1. The predicted octanol–water partition coefficient (Wildman–Crippen LogP) is 3.94. The van der Waals surface area contributed by atoms with Crippen LogP contribution in [0.4, 0.5) is 10.8 Å². The summed E-state index contributed by atoms with van der Waals surface area (Å²) in [7, 11) is 0. The fourth-order valence-electron chi connectivity index (χ4n) is 2.89. The van der Waals surface area contributed by atoms with Crippen molar-refractivity contribution in [2.75, 3.05) is 16.8 Å². The molecule has 1 saturated heterocycles. The van der Waals surface area contributed by atoms with Crippen LogP contribution < -0.4 is 10.2 Å². The standard InChI is InChI=1S/C19H18N4OS/c24-17-7-4-12-23(17)16-10-8-14(9-11-16)13-20-19-21-18(22-25-19)15-5-2-1-3-6-15/h1-3,5-6,8-11H,4,7,12-13H2,(H,20,21,22). The maximum absolute atomic E-state index is 11.8. The van der Waals surface area contributed by atoms with E-state index < -0.39 is 0 Å². The number of carbonyl (C=O) groups is 1. The third-order valence-electron chi connectivity index (χ3n) is 4.22. The molecule has 1 aromatic heterocycles. The summed E-state index contributed by atoms with van der Waals surface area (Å²) in [5.74, 6) is 0.962. The van der Waals surface area contributed by atoms with Gasteiger partial charge in [-0.1, -0.05) is 42.5 Å². The first kappa shape index (κ1) is 15.8. The quantitative estimate of drug-likeness (QED) is 0.757. The molecule has 0 radical (unpaired) electrons. The van der Waals surface area contributed by atoms with Crippen molar-refractivity contribution in [1.82, 2.24) is 9.36 Å². The molecule has 0 unspecified atom stereocenters. The van der Waals surface area contributed by atoms with Crippen molar-refractivity contribution in [3.8, 4) is 11.4 Å². The Labute approximate surface area is 150 Å². The Morgan fingerprint density at radius 2 is 1.88 bits per heavy atom. The highest BCUT2D eigenvalue weighted by Gasteiger charge is 2.21. The van der Waals surface area contributed by atoms with Gasteiger partial charge in [0.05, 0.1) is 0 Å². The van der Waals surface area contributed by atoms with Gasteiger partial charge in [0.1, 0.15) is 0 Å². The van der Waals surface area contributed by atoms with Gasteiger partial charge in [0.25, 0.3) is 0 Å². The SMILES string of the molecule is O=C1CCCN1c1ccc(CNc2nc(-c3ccccc3)ns2)cc1. The highest BCUT2D eigenvalue weighted by molar-refractivity contribution is 7.09. The van der Waals surface area contributed by atoms with E-state index in [1.807, 2.05) is 59.5 Å². The Hall–Kier alpha value is -2.73. The molecule has 5 nitrogen and oxygen atoms in total. The third-order valence-corrected chi connectivity index (χ3v) is 4.90. The summed E-state index contributed by atoms with van der Waals surface area (Å²) >= 11 is 1.36. The molecule has 25 heavy (non-hydrogen) atoms. The zero-order valence-electron chi connectivity index (χ0n) is 13.7. The number of anilines is 2. The van der Waals surface area contributed by atoms with Gasteiger partial charge < -0.3 is 10.2 Å². The van der Waals surface area contributed by atoms with E-state index >= 15 is 0 Å². The van der Waals surface area contributed by atoms with E-state index in [1.54, 1.807) is 0 Å². The zero-order chi connectivity index (χ0) is 17.1. The summed E-state index contributed by atoms with van der Waals surface area (Å²) in [6.45, 7) is 1.50. The molecule has 2 aromatic carbocycles. The van der Waals surface area contributed by atoms with Crippen LogP contribution in [0.2, 0.25) is 0 Å². The molecule has 0 aliphatic carbocycles. The second kappa shape index (κ2) is 7.03. The average Bonchev–Trinajstić information content (AvgIpc) is 3.30. The molecule has 6 heteroatoms. The minimum atomic E-state index is 0.216. The van der Waals surface area contributed by atoms with Crippen LogP contribution in [0.25, 0.3) is 11.4 Å². The largest absolute Gasteiger partial charge is 0.356 e. The van der Waals surface area contributed by atoms with E-state index in [9.17, 15) is 4.79 Å². The lowest BCUT2D eigenvalue weighted by Gasteiger charge is -2.15. The highest BCUT2D eigenvalue weighted by atomic mass is 32.1. The molecule has 1 fully saturated rings. The smallest absolute Gasteiger partial charge is 0.227 e. The Kier molecular flexibility index (Phi) is 4.43. The van der Waals surface area contributed by atoms with Gasteiger partial charge in [0.2, 0.25) is 11.0 Å². The molecular formula is C19H18N4OS. The van der Waals surface area contributed by atoms with E-state index in [-0.39, 0.29) is 5.91 Å². The van der Waals surface area contributed by atoms with E-state index in [0.717, 1.165) is 40.7 Å². The van der Waals surface area contributed by atoms with E-state index in [4.69, 9.17) is 0 Å². The number of nitrogens with zero attached hydrogens (tertiary/aromatic N) is 3. The maximum Gasteiger partial charge on any atom is 0.227 e. The van der Waals surface area contributed by atoms with Crippen LogP contribution >= 0.6 is 11.5 Å². The van der Waals surface area contributed by atoms with Crippen molar-refractivity contribution in [1.29, 1.82) is 0 Å². The van der Waals surface area contributed by atoms with Crippen LogP contribution in [0.15, 0.2) is 54.6 Å². The first-order valence-electron chi connectivity index (χ1n) is 8.32. The molecule has 1 aliphatic heterocycles. The minimum Gasteiger partial charge on any atom is -0.356 e. The Balaban J connectivity index is 1.38. The molecular weight excluding hydrogens is 332 g/mol. The maximum atomic E-state index is 11.8. The van der Waals surface area contributed by atoms with Crippen LogP contribution in [0.3, 0.4) is 0 Å². The van der Waals surface area contributed by atoms with Gasteiger partial charge in [-0.15, -0.1) is 0 Å². The lowest BCUT2D eigenvalue weighted by molar-refractivity contribution is -0.117. The van der Waals surface area contributed by atoms with E-state index in [1.165, 1.54) is 11.5 Å². The molecule has 1 N–H and O–H groups in total. The molecule has 126 valence electrons. The second-order valence-corrected chi connectivity index (χ2v) is 6.71. The van der Waals surface area contributed by atoms with Gasteiger partial charge in [-0.3, -0.25) is 4.79 Å². The average molecular weight is 350 g/mol. The Morgan fingerprint density at radius 1 is 1.08 bits per heavy atom. The van der Waals surface area contributed by atoms with Gasteiger partial charge in [-0.25, -0.2) is 0 Å². The van der Waals surface area contributed by atoms with Crippen LogP contribution in [-0.4, -0.2) is 21.8 Å².